The highest BCUT2D eigenvalue weighted by Crippen LogP contribution is 2.22. The molecule has 0 aliphatic carbocycles. The van der Waals surface area contributed by atoms with Crippen LogP contribution in [0.3, 0.4) is 0 Å². The van der Waals surface area contributed by atoms with E-state index in [1.807, 2.05) is 31.2 Å². The van der Waals surface area contributed by atoms with Crippen LogP contribution in [0.2, 0.25) is 0 Å². The van der Waals surface area contributed by atoms with Crippen LogP contribution < -0.4 is 5.32 Å². The lowest BCUT2D eigenvalue weighted by Crippen LogP contribution is -2.21. The number of oxazole rings is 1. The molecule has 0 spiro atoms. The van der Waals surface area contributed by atoms with Gasteiger partial charge in [-0.3, -0.25) is 4.79 Å². The van der Waals surface area contributed by atoms with Crippen LogP contribution in [0, 0.1) is 0 Å². The van der Waals surface area contributed by atoms with Gasteiger partial charge in [0.25, 0.3) is 0 Å². The van der Waals surface area contributed by atoms with Gasteiger partial charge in [0.05, 0.1) is 11.0 Å². The highest BCUT2D eigenvalue weighted by atomic mass is 79.9. The summed E-state index contributed by atoms with van der Waals surface area (Å²) in [6, 6.07) is 7.46. The molecule has 0 saturated heterocycles. The number of nitrogens with zero attached hydrogens (tertiary/aromatic N) is 1. The average molecular weight is 309 g/mol. The number of rotatable bonds is 4. The Morgan fingerprint density at radius 2 is 2.39 bits per heavy atom. The van der Waals surface area contributed by atoms with Crippen molar-refractivity contribution >= 4 is 27.5 Å². The number of alkyl halides is 1. The normalized spacial score (nSPS) is 12.1. The minimum Gasteiger partial charge on any atom is -0.444 e. The lowest BCUT2D eigenvalue weighted by atomic mass is 10.1. The largest absolute Gasteiger partial charge is 0.444 e. The van der Waals surface area contributed by atoms with E-state index in [0.29, 0.717) is 5.76 Å². The van der Waals surface area contributed by atoms with E-state index in [1.54, 1.807) is 6.20 Å². The molecule has 2 rings (SSSR count). The fourth-order valence-corrected chi connectivity index (χ4v) is 1.63. The quantitative estimate of drug-likeness (QED) is 0.880. The predicted octanol–water partition coefficient (Wildman–Crippen LogP) is 3.45. The zero-order valence-corrected chi connectivity index (χ0v) is 11.5. The van der Waals surface area contributed by atoms with E-state index in [9.17, 15) is 4.79 Å². The van der Waals surface area contributed by atoms with Crippen molar-refractivity contribution in [2.45, 2.75) is 18.2 Å². The van der Waals surface area contributed by atoms with Gasteiger partial charge in [0, 0.05) is 11.3 Å². The van der Waals surface area contributed by atoms with Crippen molar-refractivity contribution in [2.75, 3.05) is 5.32 Å². The molecule has 5 heteroatoms. The second kappa shape index (κ2) is 5.82. The smallest absolute Gasteiger partial charge is 0.238 e. The lowest BCUT2D eigenvalue weighted by Gasteiger charge is -2.09. The maximum atomic E-state index is 11.7. The SMILES string of the molecule is CCC(Br)C(=O)Nc1cccc(-c2cnco2)c1. The Labute approximate surface area is 114 Å². The van der Waals surface area contributed by atoms with E-state index in [4.69, 9.17) is 4.42 Å². The molecule has 4 nitrogen and oxygen atoms in total. The molecule has 1 aromatic carbocycles. The molecule has 1 N–H and O–H groups in total. The minimum absolute atomic E-state index is 0.0489. The van der Waals surface area contributed by atoms with Gasteiger partial charge in [-0.15, -0.1) is 0 Å². The molecule has 1 heterocycles. The fourth-order valence-electron chi connectivity index (χ4n) is 1.51. The summed E-state index contributed by atoms with van der Waals surface area (Å²) in [5.41, 5.74) is 1.62. The molecular weight excluding hydrogens is 296 g/mol. The van der Waals surface area contributed by atoms with Gasteiger partial charge < -0.3 is 9.73 Å². The number of nitrogens with one attached hydrogen (secondary N) is 1. The Balaban J connectivity index is 2.16. The molecule has 1 atom stereocenters. The maximum Gasteiger partial charge on any atom is 0.238 e. The van der Waals surface area contributed by atoms with Gasteiger partial charge in [-0.05, 0) is 18.6 Å². The third kappa shape index (κ3) is 2.98. The Morgan fingerprint density at radius 3 is 3.06 bits per heavy atom. The Morgan fingerprint density at radius 1 is 1.56 bits per heavy atom. The number of carbonyl (C=O) groups excluding carboxylic acids is 1. The number of benzene rings is 1. The van der Waals surface area contributed by atoms with Gasteiger partial charge in [0.15, 0.2) is 12.2 Å². The third-order valence-electron chi connectivity index (χ3n) is 2.49. The molecule has 0 aliphatic heterocycles. The van der Waals surface area contributed by atoms with Crippen LogP contribution in [0.25, 0.3) is 11.3 Å². The van der Waals surface area contributed by atoms with Crippen molar-refractivity contribution < 1.29 is 9.21 Å². The zero-order valence-electron chi connectivity index (χ0n) is 9.89. The van der Waals surface area contributed by atoms with Crippen molar-refractivity contribution in [1.29, 1.82) is 0 Å². The van der Waals surface area contributed by atoms with Gasteiger partial charge in [-0.25, -0.2) is 4.98 Å². The van der Waals surface area contributed by atoms with Crippen LogP contribution in [0.5, 0.6) is 0 Å². The van der Waals surface area contributed by atoms with Crippen molar-refractivity contribution in [3.05, 3.63) is 36.9 Å². The molecule has 1 aromatic heterocycles. The van der Waals surface area contributed by atoms with Crippen LogP contribution in [0.1, 0.15) is 13.3 Å². The van der Waals surface area contributed by atoms with Gasteiger partial charge in [-0.2, -0.15) is 0 Å². The first-order chi connectivity index (χ1) is 8.70. The molecule has 1 amide bonds. The van der Waals surface area contributed by atoms with Crippen molar-refractivity contribution in [2.24, 2.45) is 0 Å². The summed E-state index contributed by atoms with van der Waals surface area (Å²) in [5.74, 6) is 0.629. The first-order valence-electron chi connectivity index (χ1n) is 5.64. The molecule has 0 fully saturated rings. The number of aromatic nitrogens is 1. The first-order valence-corrected chi connectivity index (χ1v) is 6.56. The molecule has 1 unspecified atom stereocenters. The highest BCUT2D eigenvalue weighted by Gasteiger charge is 2.12. The summed E-state index contributed by atoms with van der Waals surface area (Å²) in [6.45, 7) is 1.95. The van der Waals surface area contributed by atoms with Crippen molar-refractivity contribution in [3.8, 4) is 11.3 Å². The molecule has 18 heavy (non-hydrogen) atoms. The molecule has 0 radical (unpaired) electrons. The summed E-state index contributed by atoms with van der Waals surface area (Å²) < 4.78 is 5.22. The number of carbonyl (C=O) groups is 1. The molecule has 0 aliphatic rings. The lowest BCUT2D eigenvalue weighted by molar-refractivity contribution is -0.115. The second-order valence-corrected chi connectivity index (χ2v) is 4.92. The Bertz CT molecular complexity index is 526. The van der Waals surface area contributed by atoms with E-state index in [2.05, 4.69) is 26.2 Å². The van der Waals surface area contributed by atoms with E-state index in [1.165, 1.54) is 6.39 Å². The zero-order chi connectivity index (χ0) is 13.0. The highest BCUT2D eigenvalue weighted by molar-refractivity contribution is 9.10. The Kier molecular flexibility index (Phi) is 4.15. The molecule has 0 bridgehead atoms. The van der Waals surface area contributed by atoms with Gasteiger partial charge in [0.1, 0.15) is 0 Å². The van der Waals surface area contributed by atoms with Crippen LogP contribution in [0.4, 0.5) is 5.69 Å². The standard InChI is InChI=1S/C13H13BrN2O2/c1-2-11(14)13(17)16-10-5-3-4-9(6-10)12-7-15-8-18-12/h3-8,11H,2H2,1H3,(H,16,17). The number of halogens is 1. The maximum absolute atomic E-state index is 11.7. The first kappa shape index (κ1) is 12.8. The third-order valence-corrected chi connectivity index (χ3v) is 3.55. The monoisotopic (exact) mass is 308 g/mol. The average Bonchev–Trinajstić information content (AvgIpc) is 2.92. The second-order valence-electron chi connectivity index (χ2n) is 3.81. The van der Waals surface area contributed by atoms with E-state index >= 15 is 0 Å². The summed E-state index contributed by atoms with van der Waals surface area (Å²) in [6.07, 6.45) is 3.76. The summed E-state index contributed by atoms with van der Waals surface area (Å²) >= 11 is 3.32. The number of amides is 1. The van der Waals surface area contributed by atoms with E-state index < -0.39 is 0 Å². The predicted molar refractivity (Wildman–Crippen MR) is 73.6 cm³/mol. The summed E-state index contributed by atoms with van der Waals surface area (Å²) in [4.78, 5) is 15.4. The van der Waals surface area contributed by atoms with Crippen molar-refractivity contribution in [3.63, 3.8) is 0 Å². The fraction of sp³-hybridized carbons (Fsp3) is 0.231. The van der Waals surface area contributed by atoms with Gasteiger partial charge in [-0.1, -0.05) is 35.0 Å². The van der Waals surface area contributed by atoms with Crippen LogP contribution in [-0.2, 0) is 4.79 Å². The Hall–Kier alpha value is -1.62. The topological polar surface area (TPSA) is 55.1 Å². The van der Waals surface area contributed by atoms with E-state index in [-0.39, 0.29) is 10.7 Å². The van der Waals surface area contributed by atoms with E-state index in [0.717, 1.165) is 17.7 Å². The van der Waals surface area contributed by atoms with Crippen LogP contribution in [-0.4, -0.2) is 15.7 Å². The number of hydrogen-bond acceptors (Lipinski definition) is 3. The minimum atomic E-state index is -0.175. The molecular formula is C13H13BrN2O2. The molecule has 94 valence electrons. The summed E-state index contributed by atoms with van der Waals surface area (Å²) in [5, 5.41) is 2.85. The van der Waals surface area contributed by atoms with Crippen LogP contribution >= 0.6 is 15.9 Å². The molecule has 2 aromatic rings. The summed E-state index contributed by atoms with van der Waals surface area (Å²) in [7, 11) is 0. The van der Waals surface area contributed by atoms with Gasteiger partial charge in [0.2, 0.25) is 5.91 Å². The van der Waals surface area contributed by atoms with Gasteiger partial charge >= 0.3 is 0 Å². The number of hydrogen-bond donors (Lipinski definition) is 1. The van der Waals surface area contributed by atoms with Crippen LogP contribution in [0.15, 0.2) is 41.3 Å². The number of anilines is 1. The van der Waals surface area contributed by atoms with Crippen molar-refractivity contribution in [1.82, 2.24) is 4.98 Å². The molecule has 0 saturated carbocycles.